The molecule has 2 aromatic carbocycles. The Balaban J connectivity index is 1.64. The molecule has 110 valence electrons. The fourth-order valence-electron chi connectivity index (χ4n) is 2.29. The number of rotatable bonds is 5. The Morgan fingerprint density at radius 1 is 1.10 bits per heavy atom. The van der Waals surface area contributed by atoms with E-state index >= 15 is 0 Å². The molecular weight excluding hydrogens is 264 g/mol. The second-order valence-corrected chi connectivity index (χ2v) is 4.99. The Labute approximate surface area is 125 Å². The van der Waals surface area contributed by atoms with Crippen LogP contribution >= 0.6 is 0 Å². The number of ether oxygens (including phenoxy) is 2. The topological polar surface area (TPSA) is 42.5 Å². The quantitative estimate of drug-likeness (QED) is 0.886. The zero-order valence-corrected chi connectivity index (χ0v) is 11.9. The molecule has 0 aliphatic carbocycles. The third-order valence-corrected chi connectivity index (χ3v) is 3.38. The number of hydrogen-bond acceptors (Lipinski definition) is 4. The molecule has 2 aromatic rings. The first-order chi connectivity index (χ1) is 10.4. The van der Waals surface area contributed by atoms with Gasteiger partial charge in [-0.1, -0.05) is 30.3 Å². The normalized spacial score (nSPS) is 18.2. The summed E-state index contributed by atoms with van der Waals surface area (Å²) >= 11 is 0. The van der Waals surface area contributed by atoms with Gasteiger partial charge in [0.2, 0.25) is 0 Å². The predicted molar refractivity (Wildman–Crippen MR) is 84.1 cm³/mol. The van der Waals surface area contributed by atoms with E-state index in [-0.39, 0.29) is 6.10 Å². The minimum absolute atomic E-state index is 0.198. The molecule has 4 heteroatoms. The van der Waals surface area contributed by atoms with Crippen LogP contribution in [-0.2, 0) is 4.74 Å². The van der Waals surface area contributed by atoms with Gasteiger partial charge in [-0.15, -0.1) is 0 Å². The molecular formula is C17H20N2O2. The lowest BCUT2D eigenvalue weighted by atomic mass is 10.2. The molecule has 0 saturated carbocycles. The largest absolute Gasteiger partial charge is 0.455 e. The molecule has 1 fully saturated rings. The fourth-order valence-corrected chi connectivity index (χ4v) is 2.29. The number of hydrogen-bond donors (Lipinski definition) is 2. The van der Waals surface area contributed by atoms with Gasteiger partial charge >= 0.3 is 0 Å². The maximum atomic E-state index is 5.93. The van der Waals surface area contributed by atoms with E-state index in [1.807, 2.05) is 54.6 Å². The van der Waals surface area contributed by atoms with Gasteiger partial charge in [0.1, 0.15) is 5.75 Å². The van der Waals surface area contributed by atoms with Crippen molar-refractivity contribution in [3.05, 3.63) is 54.6 Å². The number of para-hydroxylation sites is 3. The van der Waals surface area contributed by atoms with Crippen LogP contribution in [0.15, 0.2) is 54.6 Å². The highest BCUT2D eigenvalue weighted by atomic mass is 16.5. The van der Waals surface area contributed by atoms with Gasteiger partial charge in [-0.25, -0.2) is 0 Å². The SMILES string of the molecule is c1ccc(Oc2ccccc2NCC2CNCCO2)cc1. The average Bonchev–Trinajstić information content (AvgIpc) is 2.56. The third kappa shape index (κ3) is 3.97. The second kappa shape index (κ2) is 7.11. The Kier molecular flexibility index (Phi) is 4.71. The van der Waals surface area contributed by atoms with Crippen molar-refractivity contribution >= 4 is 5.69 Å². The minimum atomic E-state index is 0.198. The van der Waals surface area contributed by atoms with E-state index in [0.29, 0.717) is 0 Å². The molecule has 3 rings (SSSR count). The monoisotopic (exact) mass is 284 g/mol. The minimum Gasteiger partial charge on any atom is -0.455 e. The Morgan fingerprint density at radius 2 is 1.90 bits per heavy atom. The molecule has 21 heavy (non-hydrogen) atoms. The summed E-state index contributed by atoms with van der Waals surface area (Å²) in [6.07, 6.45) is 0.198. The zero-order valence-electron chi connectivity index (χ0n) is 11.9. The first-order valence-electron chi connectivity index (χ1n) is 7.30. The standard InChI is InChI=1S/C17H20N2O2/c1-2-6-14(7-3-1)21-17-9-5-4-8-16(17)19-13-15-12-18-10-11-20-15/h1-9,15,18-19H,10-13H2. The maximum absolute atomic E-state index is 5.93. The van der Waals surface area contributed by atoms with Gasteiger partial charge in [0.05, 0.1) is 18.4 Å². The Hall–Kier alpha value is -2.04. The highest BCUT2D eigenvalue weighted by Crippen LogP contribution is 2.29. The number of benzene rings is 2. The van der Waals surface area contributed by atoms with Crippen LogP contribution in [0.5, 0.6) is 11.5 Å². The van der Waals surface area contributed by atoms with E-state index in [0.717, 1.165) is 43.4 Å². The molecule has 0 amide bonds. The van der Waals surface area contributed by atoms with Gasteiger partial charge < -0.3 is 20.1 Å². The molecule has 1 atom stereocenters. The summed E-state index contributed by atoms with van der Waals surface area (Å²) in [4.78, 5) is 0. The van der Waals surface area contributed by atoms with Crippen LogP contribution in [-0.4, -0.2) is 32.3 Å². The van der Waals surface area contributed by atoms with Crippen LogP contribution in [0, 0.1) is 0 Å². The molecule has 2 N–H and O–H groups in total. The molecule has 0 aromatic heterocycles. The van der Waals surface area contributed by atoms with Gasteiger partial charge in [0.25, 0.3) is 0 Å². The van der Waals surface area contributed by atoms with Crippen LogP contribution in [0.4, 0.5) is 5.69 Å². The van der Waals surface area contributed by atoms with Crippen molar-refractivity contribution in [1.29, 1.82) is 0 Å². The summed E-state index contributed by atoms with van der Waals surface area (Å²) in [5.41, 5.74) is 0.982. The Bertz CT molecular complexity index is 554. The summed E-state index contributed by atoms with van der Waals surface area (Å²) in [6, 6.07) is 17.8. The van der Waals surface area contributed by atoms with Crippen LogP contribution in [0.2, 0.25) is 0 Å². The van der Waals surface area contributed by atoms with E-state index in [1.165, 1.54) is 0 Å². The molecule has 4 nitrogen and oxygen atoms in total. The number of anilines is 1. The first kappa shape index (κ1) is 13.9. The summed E-state index contributed by atoms with van der Waals surface area (Å²) < 4.78 is 11.6. The van der Waals surface area contributed by atoms with Crippen molar-refractivity contribution in [3.63, 3.8) is 0 Å². The van der Waals surface area contributed by atoms with E-state index in [4.69, 9.17) is 9.47 Å². The Morgan fingerprint density at radius 3 is 2.71 bits per heavy atom. The fraction of sp³-hybridized carbons (Fsp3) is 0.294. The van der Waals surface area contributed by atoms with Crippen LogP contribution in [0.3, 0.4) is 0 Å². The summed E-state index contributed by atoms with van der Waals surface area (Å²) in [7, 11) is 0. The molecule has 0 radical (unpaired) electrons. The van der Waals surface area contributed by atoms with Crippen molar-refractivity contribution in [3.8, 4) is 11.5 Å². The predicted octanol–water partition coefficient (Wildman–Crippen LogP) is 2.88. The summed E-state index contributed by atoms with van der Waals surface area (Å²) in [5, 5.41) is 6.74. The van der Waals surface area contributed by atoms with Gasteiger partial charge in [0, 0.05) is 19.6 Å². The van der Waals surface area contributed by atoms with Crippen LogP contribution in [0.1, 0.15) is 0 Å². The van der Waals surface area contributed by atoms with E-state index in [1.54, 1.807) is 0 Å². The van der Waals surface area contributed by atoms with Crippen LogP contribution < -0.4 is 15.4 Å². The summed E-state index contributed by atoms with van der Waals surface area (Å²) in [6.45, 7) is 3.36. The number of morpholine rings is 1. The van der Waals surface area contributed by atoms with E-state index in [9.17, 15) is 0 Å². The van der Waals surface area contributed by atoms with Crippen molar-refractivity contribution in [2.24, 2.45) is 0 Å². The lowest BCUT2D eigenvalue weighted by Gasteiger charge is -2.24. The van der Waals surface area contributed by atoms with Gasteiger partial charge in [-0.05, 0) is 24.3 Å². The highest BCUT2D eigenvalue weighted by molar-refractivity contribution is 5.57. The second-order valence-electron chi connectivity index (χ2n) is 4.99. The van der Waals surface area contributed by atoms with Crippen LogP contribution in [0.25, 0.3) is 0 Å². The molecule has 1 heterocycles. The third-order valence-electron chi connectivity index (χ3n) is 3.38. The van der Waals surface area contributed by atoms with Gasteiger partial charge in [-0.2, -0.15) is 0 Å². The lowest BCUT2D eigenvalue weighted by Crippen LogP contribution is -2.42. The molecule has 0 spiro atoms. The molecule has 1 unspecified atom stereocenters. The van der Waals surface area contributed by atoms with E-state index in [2.05, 4.69) is 10.6 Å². The summed E-state index contributed by atoms with van der Waals surface area (Å²) in [5.74, 6) is 1.66. The average molecular weight is 284 g/mol. The highest BCUT2D eigenvalue weighted by Gasteiger charge is 2.13. The van der Waals surface area contributed by atoms with Crippen molar-refractivity contribution in [2.45, 2.75) is 6.10 Å². The molecule has 1 aliphatic heterocycles. The molecule has 1 saturated heterocycles. The molecule has 0 bridgehead atoms. The smallest absolute Gasteiger partial charge is 0.150 e. The van der Waals surface area contributed by atoms with Crippen molar-refractivity contribution in [1.82, 2.24) is 5.32 Å². The first-order valence-corrected chi connectivity index (χ1v) is 7.30. The zero-order chi connectivity index (χ0) is 14.3. The van der Waals surface area contributed by atoms with Gasteiger partial charge in [0.15, 0.2) is 5.75 Å². The molecule has 1 aliphatic rings. The lowest BCUT2D eigenvalue weighted by molar-refractivity contribution is 0.0372. The maximum Gasteiger partial charge on any atom is 0.150 e. The van der Waals surface area contributed by atoms with E-state index < -0.39 is 0 Å². The van der Waals surface area contributed by atoms with Crippen molar-refractivity contribution < 1.29 is 9.47 Å². The van der Waals surface area contributed by atoms with Crippen molar-refractivity contribution in [2.75, 3.05) is 31.6 Å². The van der Waals surface area contributed by atoms with Gasteiger partial charge in [-0.3, -0.25) is 0 Å². The number of nitrogens with one attached hydrogen (secondary N) is 2.